The summed E-state index contributed by atoms with van der Waals surface area (Å²) in [6, 6.07) is 12.0. The number of carbonyl (C=O) groups is 1. The van der Waals surface area contributed by atoms with Crippen LogP contribution < -0.4 is 5.32 Å². The van der Waals surface area contributed by atoms with Gasteiger partial charge < -0.3 is 10.2 Å². The maximum Gasteiger partial charge on any atom is 0.255 e. The average Bonchev–Trinajstić information content (AvgIpc) is 3.17. The Bertz CT molecular complexity index is 825. The topological polar surface area (TPSA) is 32.3 Å². The molecule has 1 amide bonds. The molecule has 3 atom stereocenters. The normalized spacial score (nSPS) is 25.2. The SMILES string of the molecule is Cc1ccc(Cl)c(C(=O)N2C[C@@H]3CNC[C@@H]3[C@H]2c2cccc(F)c2)c1. The average molecular weight is 359 g/mol. The van der Waals surface area contributed by atoms with Gasteiger partial charge in [0.2, 0.25) is 0 Å². The van der Waals surface area contributed by atoms with Gasteiger partial charge in [-0.15, -0.1) is 0 Å². The van der Waals surface area contributed by atoms with Crippen LogP contribution in [0.3, 0.4) is 0 Å². The summed E-state index contributed by atoms with van der Waals surface area (Å²) in [6.07, 6.45) is 0. The summed E-state index contributed by atoms with van der Waals surface area (Å²) in [4.78, 5) is 15.1. The Morgan fingerprint density at radius 2 is 2.08 bits per heavy atom. The van der Waals surface area contributed by atoms with Gasteiger partial charge >= 0.3 is 0 Å². The summed E-state index contributed by atoms with van der Waals surface area (Å²) in [5.41, 5.74) is 2.38. The van der Waals surface area contributed by atoms with Crippen LogP contribution in [-0.2, 0) is 0 Å². The predicted molar refractivity (Wildman–Crippen MR) is 96.2 cm³/mol. The first kappa shape index (κ1) is 16.6. The molecule has 0 unspecified atom stereocenters. The van der Waals surface area contributed by atoms with E-state index in [1.807, 2.05) is 30.0 Å². The zero-order chi connectivity index (χ0) is 17.6. The number of likely N-dealkylation sites (tertiary alicyclic amines) is 1. The highest BCUT2D eigenvalue weighted by Crippen LogP contribution is 2.43. The second-order valence-electron chi connectivity index (χ2n) is 7.02. The third kappa shape index (κ3) is 2.94. The minimum atomic E-state index is -0.270. The molecule has 5 heteroatoms. The minimum absolute atomic E-state index is 0.0719. The van der Waals surface area contributed by atoms with Crippen LogP contribution >= 0.6 is 11.6 Å². The molecule has 2 aliphatic heterocycles. The Morgan fingerprint density at radius 3 is 2.88 bits per heavy atom. The second-order valence-corrected chi connectivity index (χ2v) is 7.43. The van der Waals surface area contributed by atoms with E-state index in [1.165, 1.54) is 6.07 Å². The number of aryl methyl sites for hydroxylation is 1. The lowest BCUT2D eigenvalue weighted by Crippen LogP contribution is -2.35. The fourth-order valence-electron chi connectivity index (χ4n) is 4.20. The third-order valence-electron chi connectivity index (χ3n) is 5.37. The molecule has 0 radical (unpaired) electrons. The third-order valence-corrected chi connectivity index (χ3v) is 5.70. The van der Waals surface area contributed by atoms with Crippen molar-refractivity contribution in [3.8, 4) is 0 Å². The maximum absolute atomic E-state index is 13.8. The molecule has 2 fully saturated rings. The van der Waals surface area contributed by atoms with Crippen LogP contribution in [0, 0.1) is 24.6 Å². The molecule has 3 nitrogen and oxygen atoms in total. The van der Waals surface area contributed by atoms with Crippen LogP contribution in [0.25, 0.3) is 0 Å². The highest BCUT2D eigenvalue weighted by atomic mass is 35.5. The van der Waals surface area contributed by atoms with E-state index >= 15 is 0 Å². The minimum Gasteiger partial charge on any atom is -0.331 e. The number of amides is 1. The van der Waals surface area contributed by atoms with Crippen LogP contribution in [0.5, 0.6) is 0 Å². The lowest BCUT2D eigenvalue weighted by Gasteiger charge is -2.29. The van der Waals surface area contributed by atoms with Crippen molar-refractivity contribution < 1.29 is 9.18 Å². The van der Waals surface area contributed by atoms with E-state index in [4.69, 9.17) is 11.6 Å². The van der Waals surface area contributed by atoms with E-state index in [-0.39, 0.29) is 17.8 Å². The highest BCUT2D eigenvalue weighted by molar-refractivity contribution is 6.33. The number of fused-ring (bicyclic) bond motifs is 1. The van der Waals surface area contributed by atoms with Crippen molar-refractivity contribution in [3.63, 3.8) is 0 Å². The highest BCUT2D eigenvalue weighted by Gasteiger charge is 2.47. The van der Waals surface area contributed by atoms with Crippen molar-refractivity contribution in [1.29, 1.82) is 0 Å². The van der Waals surface area contributed by atoms with Crippen molar-refractivity contribution in [3.05, 3.63) is 70.0 Å². The van der Waals surface area contributed by atoms with Gasteiger partial charge in [-0.3, -0.25) is 4.79 Å². The summed E-state index contributed by atoms with van der Waals surface area (Å²) in [5.74, 6) is 0.348. The van der Waals surface area contributed by atoms with E-state index in [1.54, 1.807) is 18.2 Å². The molecule has 0 aliphatic carbocycles. The van der Waals surface area contributed by atoms with Gasteiger partial charge in [-0.05, 0) is 42.7 Å². The molecule has 0 saturated carbocycles. The molecular formula is C20H20ClFN2O. The van der Waals surface area contributed by atoms with E-state index < -0.39 is 0 Å². The first-order chi connectivity index (χ1) is 12.0. The Balaban J connectivity index is 1.74. The molecule has 2 saturated heterocycles. The maximum atomic E-state index is 13.8. The van der Waals surface area contributed by atoms with Gasteiger partial charge in [0.1, 0.15) is 5.82 Å². The van der Waals surface area contributed by atoms with E-state index in [0.29, 0.717) is 29.0 Å². The van der Waals surface area contributed by atoms with Gasteiger partial charge in [0, 0.05) is 25.6 Å². The Hall–Kier alpha value is -1.91. The zero-order valence-electron chi connectivity index (χ0n) is 14.0. The van der Waals surface area contributed by atoms with Crippen molar-refractivity contribution in [2.45, 2.75) is 13.0 Å². The number of carbonyl (C=O) groups excluding carboxylic acids is 1. The van der Waals surface area contributed by atoms with Crippen LogP contribution in [0.1, 0.15) is 27.5 Å². The molecule has 0 bridgehead atoms. The van der Waals surface area contributed by atoms with Gasteiger partial charge in [-0.25, -0.2) is 4.39 Å². The number of benzene rings is 2. The second kappa shape index (κ2) is 6.43. The summed E-state index contributed by atoms with van der Waals surface area (Å²) in [7, 11) is 0. The molecule has 2 aliphatic rings. The largest absolute Gasteiger partial charge is 0.331 e. The summed E-state index contributed by atoms with van der Waals surface area (Å²) in [6.45, 7) is 4.35. The van der Waals surface area contributed by atoms with Gasteiger partial charge in [0.15, 0.2) is 0 Å². The summed E-state index contributed by atoms with van der Waals surface area (Å²) >= 11 is 6.29. The monoisotopic (exact) mass is 358 g/mol. The standard InChI is InChI=1S/C20H20ClFN2O/c1-12-5-6-18(21)16(7-12)20(25)24-11-14-9-23-10-17(14)19(24)13-3-2-4-15(22)8-13/h2-8,14,17,19,23H,9-11H2,1H3/t14-,17-,19+/m0/s1. The van der Waals surface area contributed by atoms with Gasteiger partial charge in [-0.1, -0.05) is 35.4 Å². The summed E-state index contributed by atoms with van der Waals surface area (Å²) in [5, 5.41) is 3.86. The van der Waals surface area contributed by atoms with Crippen LogP contribution in [0.15, 0.2) is 42.5 Å². The Labute approximate surface area is 151 Å². The van der Waals surface area contributed by atoms with Crippen molar-refractivity contribution >= 4 is 17.5 Å². The molecule has 0 aromatic heterocycles. The Kier molecular flexibility index (Phi) is 4.26. The molecule has 4 rings (SSSR count). The number of halogens is 2. The van der Waals surface area contributed by atoms with Crippen molar-refractivity contribution in [2.24, 2.45) is 11.8 Å². The van der Waals surface area contributed by atoms with E-state index in [0.717, 1.165) is 24.2 Å². The number of nitrogens with zero attached hydrogens (tertiary/aromatic N) is 1. The fraction of sp³-hybridized carbons (Fsp3) is 0.350. The fourth-order valence-corrected chi connectivity index (χ4v) is 4.40. The molecule has 2 aromatic carbocycles. The molecule has 1 N–H and O–H groups in total. The van der Waals surface area contributed by atoms with Crippen molar-refractivity contribution in [2.75, 3.05) is 19.6 Å². The molecular weight excluding hydrogens is 339 g/mol. The number of nitrogens with one attached hydrogen (secondary N) is 1. The number of hydrogen-bond acceptors (Lipinski definition) is 2. The molecule has 130 valence electrons. The lowest BCUT2D eigenvalue weighted by molar-refractivity contribution is 0.0714. The molecule has 2 aromatic rings. The first-order valence-corrected chi connectivity index (χ1v) is 8.95. The molecule has 2 heterocycles. The number of hydrogen-bond donors (Lipinski definition) is 1. The quantitative estimate of drug-likeness (QED) is 0.885. The molecule has 0 spiro atoms. The van der Waals surface area contributed by atoms with Gasteiger partial charge in [-0.2, -0.15) is 0 Å². The van der Waals surface area contributed by atoms with Crippen LogP contribution in [0.4, 0.5) is 4.39 Å². The number of rotatable bonds is 2. The van der Waals surface area contributed by atoms with Gasteiger partial charge in [0.25, 0.3) is 5.91 Å². The molecule has 25 heavy (non-hydrogen) atoms. The van der Waals surface area contributed by atoms with Gasteiger partial charge in [0.05, 0.1) is 16.6 Å². The predicted octanol–water partition coefficient (Wildman–Crippen LogP) is 3.82. The summed E-state index contributed by atoms with van der Waals surface area (Å²) < 4.78 is 13.8. The van der Waals surface area contributed by atoms with E-state index in [9.17, 15) is 9.18 Å². The van der Waals surface area contributed by atoms with Crippen molar-refractivity contribution in [1.82, 2.24) is 10.2 Å². The lowest BCUT2D eigenvalue weighted by atomic mass is 9.89. The van der Waals surface area contributed by atoms with E-state index in [2.05, 4.69) is 5.32 Å². The Morgan fingerprint density at radius 1 is 1.24 bits per heavy atom. The van der Waals surface area contributed by atoms with Crippen LogP contribution in [-0.4, -0.2) is 30.4 Å². The zero-order valence-corrected chi connectivity index (χ0v) is 14.8. The smallest absolute Gasteiger partial charge is 0.255 e. The van der Waals surface area contributed by atoms with Crippen LogP contribution in [0.2, 0.25) is 5.02 Å². The first-order valence-electron chi connectivity index (χ1n) is 8.58.